The summed E-state index contributed by atoms with van der Waals surface area (Å²) in [7, 11) is 0. The summed E-state index contributed by atoms with van der Waals surface area (Å²) >= 11 is 5.77. The molecule has 2 aromatic rings. The van der Waals surface area contributed by atoms with E-state index in [9.17, 15) is 0 Å². The molecule has 2 aromatic carbocycles. The van der Waals surface area contributed by atoms with Crippen LogP contribution in [0.1, 0.15) is 5.56 Å². The van der Waals surface area contributed by atoms with E-state index in [1.807, 2.05) is 18.2 Å². The van der Waals surface area contributed by atoms with Gasteiger partial charge >= 0.3 is 0 Å². The van der Waals surface area contributed by atoms with Gasteiger partial charge in [-0.05, 0) is 36.4 Å². The molecule has 3 rings (SSSR count). The van der Waals surface area contributed by atoms with Crippen molar-refractivity contribution in [2.75, 3.05) is 10.2 Å². The van der Waals surface area contributed by atoms with Gasteiger partial charge in [0.2, 0.25) is 0 Å². The number of hydrogen-bond donors (Lipinski definition) is 2. The number of aryl methyl sites for hydroxylation is 1. The molecule has 0 aromatic heterocycles. The van der Waals surface area contributed by atoms with E-state index in [1.165, 1.54) is 10.9 Å². The van der Waals surface area contributed by atoms with Crippen LogP contribution in [0.3, 0.4) is 0 Å². The van der Waals surface area contributed by atoms with E-state index in [0.29, 0.717) is 0 Å². The van der Waals surface area contributed by atoms with Gasteiger partial charge in [-0.15, -0.1) is 0 Å². The van der Waals surface area contributed by atoms with Crippen LogP contribution < -0.4 is 15.5 Å². The van der Waals surface area contributed by atoms with Crippen LogP contribution in [0.5, 0.6) is 0 Å². The molecule has 0 spiro atoms. The van der Waals surface area contributed by atoms with Crippen molar-refractivity contribution in [1.29, 1.82) is 0 Å². The fraction of sp³-hybridized carbons (Fsp3) is 0.0769. The number of nitrogens with one attached hydrogen (secondary N) is 2. The second-order valence-corrected chi connectivity index (χ2v) is 8.04. The smallest absolute Gasteiger partial charge is 0.148 e. The molecule has 1 aliphatic heterocycles. The second-order valence-electron chi connectivity index (χ2n) is 4.22. The van der Waals surface area contributed by atoms with Gasteiger partial charge in [-0.2, -0.15) is 0 Å². The number of rotatable bonds is 1. The maximum absolute atomic E-state index is 5.77. The third-order valence-corrected chi connectivity index (χ3v) is 6.17. The van der Waals surface area contributed by atoms with Gasteiger partial charge in [-0.25, -0.2) is 0 Å². The second kappa shape index (κ2) is 3.86. The van der Waals surface area contributed by atoms with E-state index in [-0.39, 0.29) is 0 Å². The average molecular weight is 260 g/mol. The minimum Gasteiger partial charge on any atom is -0.337 e. The van der Waals surface area contributed by atoms with E-state index >= 15 is 0 Å². The van der Waals surface area contributed by atoms with Crippen LogP contribution in [-0.2, 0) is 11.8 Å². The molecule has 1 heterocycles. The largest absolute Gasteiger partial charge is 0.337 e. The quantitative estimate of drug-likeness (QED) is 0.768. The summed E-state index contributed by atoms with van der Waals surface area (Å²) < 4.78 is 0. The molecule has 0 saturated carbocycles. The van der Waals surface area contributed by atoms with Gasteiger partial charge in [-0.1, -0.05) is 36.4 Å². The molecule has 0 fully saturated rings. The SMILES string of the molecule is Cc1ccc2c(c1)NP(=S)(c1ccccc1)N2. The van der Waals surface area contributed by atoms with Gasteiger partial charge in [0, 0.05) is 5.30 Å². The Labute approximate surface area is 106 Å². The van der Waals surface area contributed by atoms with Gasteiger partial charge in [-0.3, -0.25) is 0 Å². The first-order valence-electron chi connectivity index (χ1n) is 5.50. The molecular weight excluding hydrogens is 247 g/mol. The average Bonchev–Trinajstić information content (AvgIpc) is 2.67. The molecule has 0 saturated heterocycles. The Morgan fingerprint density at radius 3 is 2.41 bits per heavy atom. The summed E-state index contributed by atoms with van der Waals surface area (Å²) in [5.41, 5.74) is 3.48. The highest BCUT2D eigenvalue weighted by molar-refractivity contribution is 8.19. The Bertz CT molecular complexity index is 610. The first-order valence-corrected chi connectivity index (χ1v) is 8.30. The minimum atomic E-state index is -1.89. The summed E-state index contributed by atoms with van der Waals surface area (Å²) in [5.74, 6) is 0. The number of hydrogen-bond acceptors (Lipinski definition) is 1. The van der Waals surface area contributed by atoms with Crippen LogP contribution >= 0.6 is 6.34 Å². The fourth-order valence-electron chi connectivity index (χ4n) is 1.98. The van der Waals surface area contributed by atoms with Crippen LogP contribution in [0.15, 0.2) is 48.5 Å². The molecule has 0 aliphatic carbocycles. The third-order valence-electron chi connectivity index (χ3n) is 2.85. The van der Waals surface area contributed by atoms with Crippen molar-refractivity contribution in [3.8, 4) is 0 Å². The molecular formula is C13H13N2PS. The Kier molecular flexibility index (Phi) is 2.46. The first kappa shape index (κ1) is 10.8. The van der Waals surface area contributed by atoms with Gasteiger partial charge < -0.3 is 10.2 Å². The normalized spacial score (nSPS) is 21.5. The lowest BCUT2D eigenvalue weighted by atomic mass is 10.2. The van der Waals surface area contributed by atoms with E-state index < -0.39 is 6.34 Å². The molecule has 0 bridgehead atoms. The van der Waals surface area contributed by atoms with Crippen molar-refractivity contribution in [3.63, 3.8) is 0 Å². The first-order chi connectivity index (χ1) is 8.17. The highest BCUT2D eigenvalue weighted by Gasteiger charge is 2.27. The number of anilines is 2. The summed E-state index contributed by atoms with van der Waals surface area (Å²) in [4.78, 5) is 0. The van der Waals surface area contributed by atoms with E-state index in [1.54, 1.807) is 0 Å². The van der Waals surface area contributed by atoms with Crippen LogP contribution in [-0.4, -0.2) is 0 Å². The van der Waals surface area contributed by atoms with Crippen LogP contribution in [0.2, 0.25) is 0 Å². The molecule has 17 heavy (non-hydrogen) atoms. The van der Waals surface area contributed by atoms with Crippen molar-refractivity contribution < 1.29 is 0 Å². The molecule has 2 N–H and O–H groups in total. The molecule has 2 nitrogen and oxygen atoms in total. The lowest BCUT2D eigenvalue weighted by molar-refractivity contribution is 1.48. The Hall–Kier alpha value is -1.31. The third kappa shape index (κ3) is 1.86. The maximum Gasteiger partial charge on any atom is 0.148 e. The molecule has 4 heteroatoms. The molecule has 1 atom stereocenters. The molecule has 1 unspecified atom stereocenters. The summed E-state index contributed by atoms with van der Waals surface area (Å²) in [6.07, 6.45) is -1.89. The lowest BCUT2D eigenvalue weighted by Gasteiger charge is -2.17. The zero-order chi connectivity index (χ0) is 11.9. The van der Waals surface area contributed by atoms with Gasteiger partial charge in [0.25, 0.3) is 0 Å². The minimum absolute atomic E-state index is 1.11. The van der Waals surface area contributed by atoms with E-state index in [2.05, 4.69) is 47.4 Å². The van der Waals surface area contributed by atoms with Crippen molar-refractivity contribution in [3.05, 3.63) is 54.1 Å². The summed E-state index contributed by atoms with van der Waals surface area (Å²) in [5, 5.41) is 8.12. The highest BCUT2D eigenvalue weighted by Crippen LogP contribution is 2.53. The molecule has 1 aliphatic rings. The zero-order valence-electron chi connectivity index (χ0n) is 9.47. The predicted octanol–water partition coefficient (Wildman–Crippen LogP) is 3.47. The predicted molar refractivity (Wildman–Crippen MR) is 78.8 cm³/mol. The van der Waals surface area contributed by atoms with Gasteiger partial charge in [0.1, 0.15) is 6.34 Å². The number of benzene rings is 2. The standard InChI is InChI=1S/C13H13N2PS/c1-10-7-8-12-13(9-10)15-16(17,14-12)11-5-3-2-4-6-11/h2-9H,1H3,(H2,14,15,17). The Morgan fingerprint density at radius 1 is 0.941 bits per heavy atom. The number of fused-ring (bicyclic) bond motifs is 1. The Morgan fingerprint density at radius 2 is 1.65 bits per heavy atom. The van der Waals surface area contributed by atoms with E-state index in [0.717, 1.165) is 11.4 Å². The summed E-state index contributed by atoms with van der Waals surface area (Å²) in [6, 6.07) is 16.6. The van der Waals surface area contributed by atoms with Gasteiger partial charge in [0.15, 0.2) is 0 Å². The molecule has 86 valence electrons. The van der Waals surface area contributed by atoms with Crippen molar-refractivity contribution >= 4 is 34.8 Å². The molecule has 0 radical (unpaired) electrons. The summed E-state index contributed by atoms with van der Waals surface area (Å²) in [6.45, 7) is 2.09. The van der Waals surface area contributed by atoms with Crippen LogP contribution in [0.25, 0.3) is 0 Å². The van der Waals surface area contributed by atoms with Crippen molar-refractivity contribution in [2.24, 2.45) is 0 Å². The zero-order valence-corrected chi connectivity index (χ0v) is 11.2. The fourth-order valence-corrected chi connectivity index (χ4v) is 4.90. The topological polar surface area (TPSA) is 24.1 Å². The monoisotopic (exact) mass is 260 g/mol. The highest BCUT2D eigenvalue weighted by atomic mass is 32.4. The van der Waals surface area contributed by atoms with Crippen LogP contribution in [0, 0.1) is 6.92 Å². The van der Waals surface area contributed by atoms with Crippen LogP contribution in [0.4, 0.5) is 11.4 Å². The van der Waals surface area contributed by atoms with E-state index in [4.69, 9.17) is 11.8 Å². The van der Waals surface area contributed by atoms with Crippen molar-refractivity contribution in [1.82, 2.24) is 0 Å². The van der Waals surface area contributed by atoms with Crippen molar-refractivity contribution in [2.45, 2.75) is 6.92 Å². The Balaban J connectivity index is 2.03. The lowest BCUT2D eigenvalue weighted by Crippen LogP contribution is -2.11. The molecule has 0 amide bonds. The maximum atomic E-state index is 5.77. The van der Waals surface area contributed by atoms with Gasteiger partial charge in [0.05, 0.1) is 11.4 Å².